The van der Waals surface area contributed by atoms with Crippen molar-refractivity contribution in [3.8, 4) is 0 Å². The number of likely N-dealkylation sites (N-methyl/N-ethyl adjacent to an activating group) is 1. The van der Waals surface area contributed by atoms with Gasteiger partial charge in [-0.25, -0.2) is 8.42 Å². The summed E-state index contributed by atoms with van der Waals surface area (Å²) in [7, 11) is 0.720. The number of aryl methyl sites for hydroxylation is 1. The number of hydrogen-bond acceptors (Lipinski definition) is 4. The summed E-state index contributed by atoms with van der Waals surface area (Å²) >= 11 is 0. The van der Waals surface area contributed by atoms with Gasteiger partial charge >= 0.3 is 0 Å². The van der Waals surface area contributed by atoms with Crippen molar-refractivity contribution in [3.63, 3.8) is 0 Å². The minimum atomic E-state index is -3.41. The minimum Gasteiger partial charge on any atom is -0.308 e. The van der Waals surface area contributed by atoms with Gasteiger partial charge in [-0.1, -0.05) is 19.1 Å². The fourth-order valence-corrected chi connectivity index (χ4v) is 4.91. The van der Waals surface area contributed by atoms with Gasteiger partial charge in [0.05, 0.1) is 4.90 Å². The predicted octanol–water partition coefficient (Wildman–Crippen LogP) is 1.89. The quantitative estimate of drug-likeness (QED) is 0.783. The Morgan fingerprint density at radius 3 is 2.08 bits per heavy atom. The Balaban J connectivity index is 2.12. The highest BCUT2D eigenvalue weighted by Gasteiger charge is 2.35. The van der Waals surface area contributed by atoms with Gasteiger partial charge in [-0.05, 0) is 52.1 Å². The molecular formula is C18H31N3O2S. The summed E-state index contributed by atoms with van der Waals surface area (Å²) in [5.74, 6) is 0. The summed E-state index contributed by atoms with van der Waals surface area (Å²) < 4.78 is 27.5. The Bertz CT molecular complexity index is 616. The SMILES string of the molecule is CCc1ccc(S(=O)(=O)N2CC(C)N(CCN(C)C)C(C)C2)cc1. The van der Waals surface area contributed by atoms with E-state index in [4.69, 9.17) is 0 Å². The average molecular weight is 354 g/mol. The highest BCUT2D eigenvalue weighted by Crippen LogP contribution is 2.23. The molecule has 1 aromatic rings. The van der Waals surface area contributed by atoms with Crippen molar-refractivity contribution >= 4 is 10.0 Å². The van der Waals surface area contributed by atoms with Crippen LogP contribution in [0.1, 0.15) is 26.3 Å². The summed E-state index contributed by atoms with van der Waals surface area (Å²) in [5.41, 5.74) is 1.16. The van der Waals surface area contributed by atoms with Gasteiger partial charge < -0.3 is 4.90 Å². The third-order valence-electron chi connectivity index (χ3n) is 4.84. The van der Waals surface area contributed by atoms with Crippen LogP contribution in [0, 0.1) is 0 Å². The fourth-order valence-electron chi connectivity index (χ4n) is 3.31. The maximum atomic E-state index is 12.9. The minimum absolute atomic E-state index is 0.221. The van der Waals surface area contributed by atoms with Crippen molar-refractivity contribution in [1.29, 1.82) is 0 Å². The highest BCUT2D eigenvalue weighted by atomic mass is 32.2. The molecule has 24 heavy (non-hydrogen) atoms. The lowest BCUT2D eigenvalue weighted by atomic mass is 10.1. The van der Waals surface area contributed by atoms with Crippen LogP contribution >= 0.6 is 0 Å². The van der Waals surface area contributed by atoms with Crippen LogP contribution in [-0.4, -0.2) is 74.9 Å². The molecule has 0 N–H and O–H groups in total. The molecule has 2 unspecified atom stereocenters. The topological polar surface area (TPSA) is 43.9 Å². The summed E-state index contributed by atoms with van der Waals surface area (Å²) in [6, 6.07) is 7.74. The molecule has 1 saturated heterocycles. The Labute approximate surface area is 147 Å². The molecule has 2 rings (SSSR count). The first kappa shape index (κ1) is 19.4. The highest BCUT2D eigenvalue weighted by molar-refractivity contribution is 7.89. The van der Waals surface area contributed by atoms with E-state index in [2.05, 4.69) is 44.7 Å². The van der Waals surface area contributed by atoms with Crippen LogP contribution in [0.25, 0.3) is 0 Å². The van der Waals surface area contributed by atoms with Crippen LogP contribution in [0.3, 0.4) is 0 Å². The molecule has 0 aromatic heterocycles. The monoisotopic (exact) mass is 353 g/mol. The van der Waals surface area contributed by atoms with Crippen LogP contribution in [0.15, 0.2) is 29.2 Å². The van der Waals surface area contributed by atoms with Crippen molar-refractivity contribution in [2.45, 2.75) is 44.2 Å². The molecule has 2 atom stereocenters. The largest absolute Gasteiger partial charge is 0.308 e. The van der Waals surface area contributed by atoms with Gasteiger partial charge in [-0.3, -0.25) is 4.90 Å². The molecule has 5 nitrogen and oxygen atoms in total. The van der Waals surface area contributed by atoms with Crippen molar-refractivity contribution in [2.75, 3.05) is 40.3 Å². The summed E-state index contributed by atoms with van der Waals surface area (Å²) in [6.07, 6.45) is 0.916. The Morgan fingerprint density at radius 1 is 1.08 bits per heavy atom. The normalized spacial score (nSPS) is 23.8. The molecule has 0 saturated carbocycles. The van der Waals surface area contributed by atoms with Gasteiger partial charge in [0.25, 0.3) is 0 Å². The Kier molecular flexibility index (Phi) is 6.42. The Hall–Kier alpha value is -0.950. The van der Waals surface area contributed by atoms with Crippen LogP contribution < -0.4 is 0 Å². The molecular weight excluding hydrogens is 322 g/mol. The van der Waals surface area contributed by atoms with E-state index in [1.54, 1.807) is 16.4 Å². The first-order chi connectivity index (χ1) is 11.3. The van der Waals surface area contributed by atoms with Gasteiger partial charge in [0, 0.05) is 38.3 Å². The second-order valence-electron chi connectivity index (χ2n) is 7.06. The first-order valence-electron chi connectivity index (χ1n) is 8.75. The molecule has 136 valence electrons. The molecule has 1 aliphatic heterocycles. The van der Waals surface area contributed by atoms with E-state index in [-0.39, 0.29) is 12.1 Å². The second-order valence-corrected chi connectivity index (χ2v) is 9.00. The molecule has 0 bridgehead atoms. The second kappa shape index (κ2) is 7.95. The molecule has 0 spiro atoms. The lowest BCUT2D eigenvalue weighted by Gasteiger charge is -2.44. The van der Waals surface area contributed by atoms with Crippen LogP contribution in [0.4, 0.5) is 0 Å². The van der Waals surface area contributed by atoms with Crippen LogP contribution in [-0.2, 0) is 16.4 Å². The molecule has 6 heteroatoms. The van der Waals surface area contributed by atoms with E-state index in [0.29, 0.717) is 18.0 Å². The number of rotatable bonds is 6. The number of sulfonamides is 1. The fraction of sp³-hybridized carbons (Fsp3) is 0.667. The van der Waals surface area contributed by atoms with E-state index >= 15 is 0 Å². The van der Waals surface area contributed by atoms with E-state index in [9.17, 15) is 8.42 Å². The van der Waals surface area contributed by atoms with Gasteiger partial charge in [0.1, 0.15) is 0 Å². The summed E-state index contributed by atoms with van der Waals surface area (Å²) in [6.45, 7) is 9.36. The maximum absolute atomic E-state index is 12.9. The van der Waals surface area contributed by atoms with Crippen molar-refractivity contribution in [3.05, 3.63) is 29.8 Å². The van der Waals surface area contributed by atoms with Crippen LogP contribution in [0.2, 0.25) is 0 Å². The molecule has 0 radical (unpaired) electrons. The summed E-state index contributed by atoms with van der Waals surface area (Å²) in [5, 5.41) is 0. The Morgan fingerprint density at radius 2 is 1.62 bits per heavy atom. The van der Waals surface area contributed by atoms with Crippen molar-refractivity contribution < 1.29 is 8.42 Å². The predicted molar refractivity (Wildman–Crippen MR) is 98.8 cm³/mol. The molecule has 0 aliphatic carbocycles. The van der Waals surface area contributed by atoms with E-state index in [0.717, 1.165) is 25.1 Å². The number of piperazine rings is 1. The van der Waals surface area contributed by atoms with Crippen LogP contribution in [0.5, 0.6) is 0 Å². The number of nitrogens with zero attached hydrogens (tertiary/aromatic N) is 3. The van der Waals surface area contributed by atoms with E-state index in [1.807, 2.05) is 12.1 Å². The zero-order valence-corrected chi connectivity index (χ0v) is 16.4. The average Bonchev–Trinajstić information content (AvgIpc) is 2.53. The number of benzene rings is 1. The molecule has 1 aromatic carbocycles. The van der Waals surface area contributed by atoms with E-state index < -0.39 is 10.0 Å². The van der Waals surface area contributed by atoms with Crippen molar-refractivity contribution in [2.24, 2.45) is 0 Å². The lowest BCUT2D eigenvalue weighted by Crippen LogP contribution is -2.58. The molecule has 1 aliphatic rings. The smallest absolute Gasteiger partial charge is 0.243 e. The maximum Gasteiger partial charge on any atom is 0.243 e. The summed E-state index contributed by atoms with van der Waals surface area (Å²) in [4.78, 5) is 4.98. The van der Waals surface area contributed by atoms with Gasteiger partial charge in [-0.15, -0.1) is 0 Å². The zero-order chi connectivity index (χ0) is 17.9. The van der Waals surface area contributed by atoms with Gasteiger partial charge in [0.2, 0.25) is 10.0 Å². The van der Waals surface area contributed by atoms with Gasteiger partial charge in [0.15, 0.2) is 0 Å². The molecule has 0 amide bonds. The third-order valence-corrected chi connectivity index (χ3v) is 6.69. The molecule has 1 heterocycles. The standard InChI is InChI=1S/C18H31N3O2S/c1-6-17-7-9-18(10-8-17)24(22,23)20-13-15(2)21(16(3)14-20)12-11-19(4)5/h7-10,15-16H,6,11-14H2,1-5H3. The zero-order valence-electron chi connectivity index (χ0n) is 15.6. The first-order valence-corrected chi connectivity index (χ1v) is 10.2. The van der Waals surface area contributed by atoms with Crippen molar-refractivity contribution in [1.82, 2.24) is 14.1 Å². The number of hydrogen-bond donors (Lipinski definition) is 0. The van der Waals surface area contributed by atoms with E-state index in [1.165, 1.54) is 0 Å². The lowest BCUT2D eigenvalue weighted by molar-refractivity contribution is 0.0708. The van der Waals surface area contributed by atoms with Gasteiger partial charge in [-0.2, -0.15) is 4.31 Å². The molecule has 1 fully saturated rings. The third kappa shape index (κ3) is 4.36.